The van der Waals surface area contributed by atoms with Gasteiger partial charge in [-0.1, -0.05) is 56.3 Å². The molecule has 1 amide bonds. The highest BCUT2D eigenvalue weighted by molar-refractivity contribution is 5.81. The number of carbonyl (C=O) groups excluding carboxylic acids is 1. The summed E-state index contributed by atoms with van der Waals surface area (Å²) < 4.78 is 6.07. The van der Waals surface area contributed by atoms with Gasteiger partial charge in [0.15, 0.2) is 6.10 Å². The van der Waals surface area contributed by atoms with Gasteiger partial charge in [0.1, 0.15) is 11.8 Å². The minimum absolute atomic E-state index is 0.0180. The van der Waals surface area contributed by atoms with Gasteiger partial charge in [-0.2, -0.15) is 5.26 Å². The highest BCUT2D eigenvalue weighted by Crippen LogP contribution is 2.22. The molecule has 31 heavy (non-hydrogen) atoms. The number of nitriles is 1. The molecule has 1 heterocycles. The molecular formula is C26H33N3O2. The number of rotatable bonds is 8. The molecule has 0 spiro atoms. The van der Waals surface area contributed by atoms with Crippen LogP contribution in [0.2, 0.25) is 0 Å². The first-order chi connectivity index (χ1) is 15.1. The minimum atomic E-state index is -0.584. The van der Waals surface area contributed by atoms with E-state index in [2.05, 4.69) is 41.3 Å². The first kappa shape index (κ1) is 22.8. The van der Waals surface area contributed by atoms with Crippen LogP contribution in [0.15, 0.2) is 54.6 Å². The Bertz CT molecular complexity index is 876. The summed E-state index contributed by atoms with van der Waals surface area (Å²) in [6.07, 6.45) is 2.60. The Hall–Kier alpha value is -2.84. The summed E-state index contributed by atoms with van der Waals surface area (Å²) in [5.41, 5.74) is 1.84. The number of carbonyl (C=O) groups is 1. The number of para-hydroxylation sites is 1. The van der Waals surface area contributed by atoms with Crippen molar-refractivity contribution >= 4 is 5.91 Å². The van der Waals surface area contributed by atoms with Gasteiger partial charge in [-0.3, -0.25) is 4.79 Å². The summed E-state index contributed by atoms with van der Waals surface area (Å²) in [5.74, 6) is 0.521. The molecule has 1 aliphatic rings. The fourth-order valence-electron chi connectivity index (χ4n) is 4.02. The standard InChI is InChI=1S/C26H33N3O2/c1-21(2)25(31-24-14-7-6-13-23(24)20-27)26(30)29-17-9-16-28(18-19-29)15-8-12-22-10-4-3-5-11-22/h3-7,10-11,13-14,21,25H,8-9,12,15-19H2,1-2H3. The zero-order valence-corrected chi connectivity index (χ0v) is 18.7. The lowest BCUT2D eigenvalue weighted by Crippen LogP contribution is -2.46. The fraction of sp³-hybridized carbons (Fsp3) is 0.462. The third-order valence-electron chi connectivity index (χ3n) is 5.79. The van der Waals surface area contributed by atoms with Gasteiger partial charge >= 0.3 is 0 Å². The predicted molar refractivity (Wildman–Crippen MR) is 123 cm³/mol. The Morgan fingerprint density at radius 2 is 1.77 bits per heavy atom. The average molecular weight is 420 g/mol. The van der Waals surface area contributed by atoms with Gasteiger partial charge in [0.25, 0.3) is 5.91 Å². The summed E-state index contributed by atoms with van der Waals surface area (Å²) in [5, 5.41) is 9.34. The van der Waals surface area contributed by atoms with E-state index in [0.29, 0.717) is 11.3 Å². The maximum absolute atomic E-state index is 13.3. The number of hydrogen-bond donors (Lipinski definition) is 0. The lowest BCUT2D eigenvalue weighted by molar-refractivity contribution is -0.140. The van der Waals surface area contributed by atoms with Crippen molar-refractivity contribution in [1.29, 1.82) is 5.26 Å². The third kappa shape index (κ3) is 6.57. The molecule has 0 N–H and O–H groups in total. The first-order valence-electron chi connectivity index (χ1n) is 11.3. The quantitative estimate of drug-likeness (QED) is 0.646. The zero-order chi connectivity index (χ0) is 22.1. The van der Waals surface area contributed by atoms with E-state index in [-0.39, 0.29) is 11.8 Å². The smallest absolute Gasteiger partial charge is 0.263 e. The highest BCUT2D eigenvalue weighted by Gasteiger charge is 2.30. The fourth-order valence-corrected chi connectivity index (χ4v) is 4.02. The summed E-state index contributed by atoms with van der Waals surface area (Å²) in [6.45, 7) is 8.41. The number of hydrogen-bond acceptors (Lipinski definition) is 4. The number of nitrogens with zero attached hydrogens (tertiary/aromatic N) is 3. The molecule has 1 fully saturated rings. The van der Waals surface area contributed by atoms with E-state index >= 15 is 0 Å². The van der Waals surface area contributed by atoms with E-state index in [9.17, 15) is 10.1 Å². The van der Waals surface area contributed by atoms with E-state index in [1.54, 1.807) is 18.2 Å². The monoisotopic (exact) mass is 419 g/mol. The van der Waals surface area contributed by atoms with Crippen LogP contribution in [-0.4, -0.2) is 54.5 Å². The Morgan fingerprint density at radius 1 is 1.03 bits per heavy atom. The van der Waals surface area contributed by atoms with Crippen LogP contribution in [0, 0.1) is 17.2 Å². The molecule has 0 saturated carbocycles. The summed E-state index contributed by atoms with van der Waals surface area (Å²) in [7, 11) is 0. The molecule has 5 heteroatoms. The van der Waals surface area contributed by atoms with Crippen LogP contribution in [0.5, 0.6) is 5.75 Å². The number of ether oxygens (including phenoxy) is 1. The van der Waals surface area contributed by atoms with Crippen LogP contribution in [-0.2, 0) is 11.2 Å². The topological polar surface area (TPSA) is 56.6 Å². The molecule has 164 valence electrons. The van der Waals surface area contributed by atoms with Gasteiger partial charge in [-0.15, -0.1) is 0 Å². The van der Waals surface area contributed by atoms with E-state index in [1.165, 1.54) is 5.56 Å². The second-order valence-corrected chi connectivity index (χ2v) is 8.50. The molecule has 2 aromatic carbocycles. The summed E-state index contributed by atoms with van der Waals surface area (Å²) in [6, 6.07) is 19.9. The van der Waals surface area contributed by atoms with Gasteiger partial charge in [-0.25, -0.2) is 0 Å². The summed E-state index contributed by atoms with van der Waals surface area (Å²) >= 11 is 0. The van der Waals surface area contributed by atoms with Gasteiger partial charge in [0.05, 0.1) is 5.56 Å². The number of amides is 1. The van der Waals surface area contributed by atoms with Crippen molar-refractivity contribution in [1.82, 2.24) is 9.80 Å². The van der Waals surface area contributed by atoms with Crippen molar-refractivity contribution in [3.05, 3.63) is 65.7 Å². The lowest BCUT2D eigenvalue weighted by Gasteiger charge is -2.29. The molecule has 1 atom stereocenters. The molecular weight excluding hydrogens is 386 g/mol. The Kier molecular flexibility index (Phi) is 8.49. The lowest BCUT2D eigenvalue weighted by atomic mass is 10.1. The molecule has 0 radical (unpaired) electrons. The second-order valence-electron chi connectivity index (χ2n) is 8.50. The molecule has 0 aliphatic carbocycles. The van der Waals surface area contributed by atoms with Crippen LogP contribution in [0.25, 0.3) is 0 Å². The van der Waals surface area contributed by atoms with E-state index in [1.807, 2.05) is 24.8 Å². The van der Waals surface area contributed by atoms with Crippen molar-refractivity contribution in [2.24, 2.45) is 5.92 Å². The van der Waals surface area contributed by atoms with Gasteiger partial charge in [0, 0.05) is 19.6 Å². The van der Waals surface area contributed by atoms with Crippen LogP contribution < -0.4 is 4.74 Å². The molecule has 0 bridgehead atoms. The van der Waals surface area contributed by atoms with Crippen molar-refractivity contribution < 1.29 is 9.53 Å². The largest absolute Gasteiger partial charge is 0.479 e. The number of aryl methyl sites for hydroxylation is 1. The Morgan fingerprint density at radius 3 is 2.52 bits per heavy atom. The Balaban J connectivity index is 1.54. The maximum atomic E-state index is 13.3. The van der Waals surface area contributed by atoms with Crippen molar-refractivity contribution in [2.45, 2.75) is 39.2 Å². The molecule has 3 rings (SSSR count). The summed E-state index contributed by atoms with van der Waals surface area (Å²) in [4.78, 5) is 17.7. The van der Waals surface area contributed by atoms with Crippen LogP contribution in [0.4, 0.5) is 0 Å². The highest BCUT2D eigenvalue weighted by atomic mass is 16.5. The molecule has 1 aliphatic heterocycles. The Labute approximate surface area is 186 Å². The second kappa shape index (κ2) is 11.5. The molecule has 5 nitrogen and oxygen atoms in total. The van der Waals surface area contributed by atoms with E-state index < -0.39 is 6.10 Å². The zero-order valence-electron chi connectivity index (χ0n) is 18.7. The van der Waals surface area contributed by atoms with E-state index in [4.69, 9.17) is 4.74 Å². The SMILES string of the molecule is CC(C)C(Oc1ccccc1C#N)C(=O)N1CCCN(CCCc2ccccc2)CC1. The van der Waals surface area contributed by atoms with Gasteiger partial charge < -0.3 is 14.5 Å². The van der Waals surface area contributed by atoms with Crippen molar-refractivity contribution in [3.63, 3.8) is 0 Å². The normalized spacial score (nSPS) is 15.9. The van der Waals surface area contributed by atoms with Crippen molar-refractivity contribution in [3.8, 4) is 11.8 Å². The van der Waals surface area contributed by atoms with Crippen LogP contribution in [0.3, 0.4) is 0 Å². The van der Waals surface area contributed by atoms with Crippen molar-refractivity contribution in [2.75, 3.05) is 32.7 Å². The molecule has 2 aromatic rings. The molecule has 1 unspecified atom stereocenters. The third-order valence-corrected chi connectivity index (χ3v) is 5.79. The predicted octanol–water partition coefficient (Wildman–Crippen LogP) is 4.13. The first-order valence-corrected chi connectivity index (χ1v) is 11.3. The van der Waals surface area contributed by atoms with Crippen LogP contribution in [0.1, 0.15) is 37.8 Å². The molecule has 0 aromatic heterocycles. The minimum Gasteiger partial charge on any atom is -0.479 e. The molecule has 1 saturated heterocycles. The number of benzene rings is 2. The van der Waals surface area contributed by atoms with E-state index in [0.717, 1.165) is 52.0 Å². The van der Waals surface area contributed by atoms with Crippen LogP contribution >= 0.6 is 0 Å². The maximum Gasteiger partial charge on any atom is 0.263 e. The average Bonchev–Trinajstić information content (AvgIpc) is 3.03. The van der Waals surface area contributed by atoms with Gasteiger partial charge in [0.2, 0.25) is 0 Å². The van der Waals surface area contributed by atoms with Gasteiger partial charge in [-0.05, 0) is 56.0 Å².